The van der Waals surface area contributed by atoms with Crippen molar-refractivity contribution in [2.24, 2.45) is 0 Å². The van der Waals surface area contributed by atoms with E-state index in [9.17, 15) is 26.7 Å². The number of aromatic nitrogens is 1. The Labute approximate surface area is 105 Å². The molecule has 0 aromatic carbocycles. The molecule has 0 amide bonds. The van der Waals surface area contributed by atoms with Gasteiger partial charge in [-0.05, 0) is 28.7 Å². The Kier molecular flexibility index (Phi) is 3.89. The van der Waals surface area contributed by atoms with Crippen molar-refractivity contribution in [3.05, 3.63) is 26.6 Å². The summed E-state index contributed by atoms with van der Waals surface area (Å²) in [5, 5.41) is 8.61. The number of halogens is 6. The number of carbonyl (C=O) groups is 1. The first-order valence-corrected chi connectivity index (χ1v) is 5.01. The molecule has 1 heterocycles. The fraction of sp³-hybridized carbons (Fsp3) is 0.250. The van der Waals surface area contributed by atoms with Crippen LogP contribution in [0.1, 0.15) is 28.0 Å². The number of carboxylic acids is 1. The van der Waals surface area contributed by atoms with E-state index in [4.69, 9.17) is 5.11 Å². The van der Waals surface area contributed by atoms with Crippen molar-refractivity contribution in [1.29, 1.82) is 0 Å². The van der Waals surface area contributed by atoms with Gasteiger partial charge in [0, 0.05) is 0 Å². The van der Waals surface area contributed by atoms with Gasteiger partial charge in [0.2, 0.25) is 0 Å². The van der Waals surface area contributed by atoms with Crippen molar-refractivity contribution >= 4 is 28.6 Å². The highest BCUT2D eigenvalue weighted by atomic mass is 127. The summed E-state index contributed by atoms with van der Waals surface area (Å²) in [7, 11) is 0. The van der Waals surface area contributed by atoms with Crippen LogP contribution in [0, 0.1) is 3.70 Å². The van der Waals surface area contributed by atoms with Gasteiger partial charge < -0.3 is 5.11 Å². The topological polar surface area (TPSA) is 50.2 Å². The number of rotatable bonds is 2. The van der Waals surface area contributed by atoms with E-state index in [0.29, 0.717) is 0 Å². The Bertz CT molecular complexity index is 460. The molecule has 0 aliphatic heterocycles. The number of hydrogen-bond donors (Lipinski definition) is 1. The Morgan fingerprint density at radius 3 is 2.29 bits per heavy atom. The van der Waals surface area contributed by atoms with Crippen LogP contribution in [0.25, 0.3) is 0 Å². The van der Waals surface area contributed by atoms with E-state index in [1.165, 1.54) is 22.6 Å². The molecule has 0 aliphatic carbocycles. The third-order valence-electron chi connectivity index (χ3n) is 1.74. The Balaban J connectivity index is 3.57. The van der Waals surface area contributed by atoms with Gasteiger partial charge in [0.15, 0.2) is 0 Å². The zero-order chi connectivity index (χ0) is 13.4. The maximum absolute atomic E-state index is 12.5. The zero-order valence-electron chi connectivity index (χ0n) is 7.73. The lowest BCUT2D eigenvalue weighted by Crippen LogP contribution is -2.17. The van der Waals surface area contributed by atoms with Gasteiger partial charge in [-0.25, -0.2) is 18.6 Å². The summed E-state index contributed by atoms with van der Waals surface area (Å²) < 4.78 is 61.4. The van der Waals surface area contributed by atoms with Gasteiger partial charge in [-0.2, -0.15) is 13.2 Å². The summed E-state index contributed by atoms with van der Waals surface area (Å²) in [6.45, 7) is 0. The number of nitrogens with zero attached hydrogens (tertiary/aromatic N) is 1. The molecule has 94 valence electrons. The van der Waals surface area contributed by atoms with Crippen molar-refractivity contribution in [2.45, 2.75) is 12.6 Å². The van der Waals surface area contributed by atoms with E-state index in [2.05, 4.69) is 4.98 Å². The van der Waals surface area contributed by atoms with Crippen LogP contribution in [0.2, 0.25) is 0 Å². The van der Waals surface area contributed by atoms with Crippen LogP contribution in [0.4, 0.5) is 22.0 Å². The molecular formula is C8H3F5INO2. The van der Waals surface area contributed by atoms with E-state index >= 15 is 0 Å². The molecule has 0 aliphatic rings. The molecule has 1 aromatic rings. The van der Waals surface area contributed by atoms with Crippen LogP contribution in [0.3, 0.4) is 0 Å². The molecule has 0 radical (unpaired) electrons. The van der Waals surface area contributed by atoms with Crippen LogP contribution in [0.5, 0.6) is 0 Å². The van der Waals surface area contributed by atoms with Gasteiger partial charge in [-0.15, -0.1) is 0 Å². The molecule has 0 bridgehead atoms. The van der Waals surface area contributed by atoms with Gasteiger partial charge in [0.1, 0.15) is 15.0 Å². The van der Waals surface area contributed by atoms with Gasteiger partial charge in [-0.1, -0.05) is 0 Å². The molecule has 1 rings (SSSR count). The number of aromatic carboxylic acids is 1. The third kappa shape index (κ3) is 3.01. The molecule has 0 spiro atoms. The molecule has 1 aromatic heterocycles. The lowest BCUT2D eigenvalue weighted by molar-refractivity contribution is -0.138. The minimum absolute atomic E-state index is 0.0519. The summed E-state index contributed by atoms with van der Waals surface area (Å²) in [4.78, 5) is 13.8. The largest absolute Gasteiger partial charge is 0.478 e. The smallest absolute Gasteiger partial charge is 0.417 e. The average Bonchev–Trinajstić information content (AvgIpc) is 2.14. The second kappa shape index (κ2) is 4.70. The highest BCUT2D eigenvalue weighted by Crippen LogP contribution is 2.35. The van der Waals surface area contributed by atoms with Crippen LogP contribution in [-0.2, 0) is 6.18 Å². The number of carboxylic acid groups (broad SMARTS) is 1. The van der Waals surface area contributed by atoms with Crippen LogP contribution in [0.15, 0.2) is 6.07 Å². The second-order valence-corrected chi connectivity index (χ2v) is 3.89. The van der Waals surface area contributed by atoms with E-state index in [1.54, 1.807) is 0 Å². The normalized spacial score (nSPS) is 11.9. The Hall–Kier alpha value is -1.00. The molecule has 17 heavy (non-hydrogen) atoms. The van der Waals surface area contributed by atoms with E-state index in [-0.39, 0.29) is 6.07 Å². The molecule has 1 N–H and O–H groups in total. The first kappa shape index (κ1) is 14.1. The summed E-state index contributed by atoms with van der Waals surface area (Å²) >= 11 is 1.17. The van der Waals surface area contributed by atoms with Crippen molar-refractivity contribution in [3.63, 3.8) is 0 Å². The van der Waals surface area contributed by atoms with Crippen molar-refractivity contribution in [3.8, 4) is 0 Å². The maximum atomic E-state index is 12.5. The predicted octanol–water partition coefficient (Wildman–Crippen LogP) is 3.34. The fourth-order valence-electron chi connectivity index (χ4n) is 1.07. The Morgan fingerprint density at radius 1 is 1.41 bits per heavy atom. The van der Waals surface area contributed by atoms with Crippen LogP contribution in [-0.4, -0.2) is 16.1 Å². The molecule has 0 atom stereocenters. The number of pyridine rings is 1. The standard InChI is InChI=1S/C8H3F5INO2/c9-5(10)3-1-2(8(11,12)13)4(7(16)17)6(14)15-3/h1,5H,(H,16,17). The molecule has 3 nitrogen and oxygen atoms in total. The van der Waals surface area contributed by atoms with Crippen LogP contribution < -0.4 is 0 Å². The van der Waals surface area contributed by atoms with Crippen molar-refractivity contribution in [2.75, 3.05) is 0 Å². The van der Waals surface area contributed by atoms with E-state index in [0.717, 1.165) is 0 Å². The van der Waals surface area contributed by atoms with Gasteiger partial charge in [0.05, 0.1) is 5.56 Å². The quantitative estimate of drug-likeness (QED) is 0.496. The summed E-state index contributed by atoms with van der Waals surface area (Å²) in [5.41, 5.74) is -3.85. The highest BCUT2D eigenvalue weighted by Gasteiger charge is 2.38. The molecule has 9 heteroatoms. The van der Waals surface area contributed by atoms with Gasteiger partial charge in [-0.3, -0.25) is 0 Å². The van der Waals surface area contributed by atoms with Gasteiger partial charge in [0.25, 0.3) is 6.43 Å². The highest BCUT2D eigenvalue weighted by molar-refractivity contribution is 14.1. The first-order chi connectivity index (χ1) is 7.64. The van der Waals surface area contributed by atoms with E-state index < -0.39 is 39.1 Å². The third-order valence-corrected chi connectivity index (χ3v) is 2.52. The second-order valence-electron chi connectivity index (χ2n) is 2.86. The first-order valence-electron chi connectivity index (χ1n) is 3.93. The van der Waals surface area contributed by atoms with Crippen molar-refractivity contribution in [1.82, 2.24) is 4.98 Å². The monoisotopic (exact) mass is 367 g/mol. The van der Waals surface area contributed by atoms with Crippen LogP contribution >= 0.6 is 22.6 Å². The number of alkyl halides is 5. The molecule has 0 saturated carbocycles. The molecular weight excluding hydrogens is 364 g/mol. The minimum atomic E-state index is -5.03. The number of hydrogen-bond acceptors (Lipinski definition) is 2. The summed E-state index contributed by atoms with van der Waals surface area (Å²) in [6.07, 6.45) is -8.23. The SMILES string of the molecule is O=C(O)c1c(C(F)(F)F)cc(C(F)F)nc1I. The minimum Gasteiger partial charge on any atom is -0.478 e. The molecule has 0 unspecified atom stereocenters. The fourth-order valence-corrected chi connectivity index (χ4v) is 1.87. The summed E-state index contributed by atoms with van der Waals surface area (Å²) in [5.74, 6) is -1.87. The zero-order valence-corrected chi connectivity index (χ0v) is 9.88. The summed E-state index contributed by atoms with van der Waals surface area (Å²) in [6, 6.07) is 0.0519. The Morgan fingerprint density at radius 2 is 1.94 bits per heavy atom. The van der Waals surface area contributed by atoms with Crippen molar-refractivity contribution < 1.29 is 31.9 Å². The van der Waals surface area contributed by atoms with Gasteiger partial charge >= 0.3 is 12.1 Å². The molecule has 0 saturated heterocycles. The van der Waals surface area contributed by atoms with E-state index in [1.807, 2.05) is 0 Å². The average molecular weight is 367 g/mol. The maximum Gasteiger partial charge on any atom is 0.417 e. The lowest BCUT2D eigenvalue weighted by atomic mass is 10.1. The predicted molar refractivity (Wildman–Crippen MR) is 53.9 cm³/mol. The molecule has 0 fully saturated rings. The lowest BCUT2D eigenvalue weighted by Gasteiger charge is -2.12.